The van der Waals surface area contributed by atoms with Crippen LogP contribution in [0, 0.1) is 13.8 Å². The number of pyridine rings is 1. The molecule has 0 saturated carbocycles. The van der Waals surface area contributed by atoms with Gasteiger partial charge < -0.3 is 5.73 Å². The summed E-state index contributed by atoms with van der Waals surface area (Å²) in [4.78, 5) is 8.70. The normalized spacial score (nSPS) is 12.7. The average Bonchev–Trinajstić information content (AvgIpc) is 2.64. The highest BCUT2D eigenvalue weighted by Crippen LogP contribution is 2.16. The number of aromatic nitrogens is 2. The Morgan fingerprint density at radius 1 is 1.44 bits per heavy atom. The molecular weight excluding hydrogens is 218 g/mol. The van der Waals surface area contributed by atoms with Crippen molar-refractivity contribution in [2.45, 2.75) is 26.3 Å². The second-order valence-corrected chi connectivity index (χ2v) is 4.99. The van der Waals surface area contributed by atoms with Gasteiger partial charge in [-0.15, -0.1) is 11.3 Å². The maximum atomic E-state index is 6.11. The number of nitrogens with zero attached hydrogens (tertiary/aromatic N) is 2. The van der Waals surface area contributed by atoms with Crippen LogP contribution in [0.4, 0.5) is 0 Å². The SMILES string of the molecule is Cc1ccnc(C(N)Cc2csc(C)n2)c1. The lowest BCUT2D eigenvalue weighted by Gasteiger charge is -2.09. The van der Waals surface area contributed by atoms with Gasteiger partial charge in [-0.3, -0.25) is 4.98 Å². The second kappa shape index (κ2) is 4.72. The first-order valence-electron chi connectivity index (χ1n) is 5.24. The van der Waals surface area contributed by atoms with Gasteiger partial charge in [0.2, 0.25) is 0 Å². The van der Waals surface area contributed by atoms with Gasteiger partial charge in [0.05, 0.1) is 22.4 Å². The van der Waals surface area contributed by atoms with Crippen molar-refractivity contribution in [1.29, 1.82) is 0 Å². The van der Waals surface area contributed by atoms with Crippen molar-refractivity contribution in [3.63, 3.8) is 0 Å². The number of hydrogen-bond acceptors (Lipinski definition) is 4. The van der Waals surface area contributed by atoms with E-state index in [2.05, 4.69) is 15.3 Å². The fourth-order valence-corrected chi connectivity index (χ4v) is 2.22. The zero-order chi connectivity index (χ0) is 11.5. The summed E-state index contributed by atoms with van der Waals surface area (Å²) >= 11 is 1.66. The zero-order valence-corrected chi connectivity index (χ0v) is 10.3. The molecule has 2 N–H and O–H groups in total. The highest BCUT2D eigenvalue weighted by atomic mass is 32.1. The Bertz CT molecular complexity index is 479. The first-order valence-corrected chi connectivity index (χ1v) is 6.12. The molecule has 1 unspecified atom stereocenters. The van der Waals surface area contributed by atoms with E-state index in [0.717, 1.165) is 22.8 Å². The van der Waals surface area contributed by atoms with Crippen LogP contribution in [0.2, 0.25) is 0 Å². The lowest BCUT2D eigenvalue weighted by Crippen LogP contribution is -2.15. The third kappa shape index (κ3) is 2.65. The number of nitrogens with two attached hydrogens (primary N) is 1. The molecule has 0 bridgehead atoms. The Balaban J connectivity index is 2.11. The van der Waals surface area contributed by atoms with Crippen LogP contribution in [-0.4, -0.2) is 9.97 Å². The quantitative estimate of drug-likeness (QED) is 0.885. The van der Waals surface area contributed by atoms with E-state index in [0.29, 0.717) is 0 Å². The topological polar surface area (TPSA) is 51.8 Å². The molecule has 84 valence electrons. The first kappa shape index (κ1) is 11.2. The molecule has 0 aromatic carbocycles. The monoisotopic (exact) mass is 233 g/mol. The molecule has 0 radical (unpaired) electrons. The van der Waals surface area contributed by atoms with Gasteiger partial charge in [0.15, 0.2) is 0 Å². The van der Waals surface area contributed by atoms with E-state index in [1.807, 2.05) is 26.0 Å². The summed E-state index contributed by atoms with van der Waals surface area (Å²) in [5, 5.41) is 3.14. The predicted octanol–water partition coefficient (Wildman–Crippen LogP) is 2.40. The van der Waals surface area contributed by atoms with E-state index in [9.17, 15) is 0 Å². The molecule has 4 heteroatoms. The highest BCUT2D eigenvalue weighted by molar-refractivity contribution is 7.09. The van der Waals surface area contributed by atoms with Gasteiger partial charge in [0, 0.05) is 18.0 Å². The molecule has 2 heterocycles. The average molecular weight is 233 g/mol. The molecule has 0 aliphatic carbocycles. The summed E-state index contributed by atoms with van der Waals surface area (Å²) in [5.41, 5.74) is 9.29. The molecule has 0 aliphatic rings. The maximum absolute atomic E-state index is 6.11. The van der Waals surface area contributed by atoms with Gasteiger partial charge in [-0.1, -0.05) is 0 Å². The molecule has 16 heavy (non-hydrogen) atoms. The van der Waals surface area contributed by atoms with Gasteiger partial charge in [-0.25, -0.2) is 4.98 Å². The van der Waals surface area contributed by atoms with Crippen LogP contribution in [0.1, 0.15) is 28.0 Å². The van der Waals surface area contributed by atoms with E-state index in [1.165, 1.54) is 5.56 Å². The Morgan fingerprint density at radius 2 is 2.25 bits per heavy atom. The van der Waals surface area contributed by atoms with Crippen LogP contribution in [0.25, 0.3) is 0 Å². The van der Waals surface area contributed by atoms with Gasteiger partial charge in [0.25, 0.3) is 0 Å². The van der Waals surface area contributed by atoms with Crippen molar-refractivity contribution in [3.05, 3.63) is 45.7 Å². The summed E-state index contributed by atoms with van der Waals surface area (Å²) in [6, 6.07) is 3.94. The molecule has 0 saturated heterocycles. The van der Waals surface area contributed by atoms with Crippen molar-refractivity contribution in [1.82, 2.24) is 9.97 Å². The summed E-state index contributed by atoms with van der Waals surface area (Å²) in [7, 11) is 0. The van der Waals surface area contributed by atoms with Crippen LogP contribution in [-0.2, 0) is 6.42 Å². The lowest BCUT2D eigenvalue weighted by molar-refractivity contribution is 0.684. The zero-order valence-electron chi connectivity index (χ0n) is 9.47. The van der Waals surface area contributed by atoms with E-state index < -0.39 is 0 Å². The summed E-state index contributed by atoms with van der Waals surface area (Å²) in [5.74, 6) is 0. The predicted molar refractivity (Wildman–Crippen MR) is 66.5 cm³/mol. The van der Waals surface area contributed by atoms with E-state index in [1.54, 1.807) is 17.5 Å². The molecule has 0 fully saturated rings. The smallest absolute Gasteiger partial charge is 0.0897 e. The molecule has 2 aromatic heterocycles. The van der Waals surface area contributed by atoms with Crippen molar-refractivity contribution < 1.29 is 0 Å². The number of rotatable bonds is 3. The Kier molecular flexibility index (Phi) is 3.31. The fraction of sp³-hybridized carbons (Fsp3) is 0.333. The first-order chi connectivity index (χ1) is 7.65. The number of aryl methyl sites for hydroxylation is 2. The molecule has 2 aromatic rings. The standard InChI is InChI=1S/C12H15N3S/c1-8-3-4-14-12(5-8)11(13)6-10-7-16-9(2)15-10/h3-5,7,11H,6,13H2,1-2H3. The summed E-state index contributed by atoms with van der Waals surface area (Å²) in [6.07, 6.45) is 2.55. The van der Waals surface area contributed by atoms with Crippen molar-refractivity contribution in [2.24, 2.45) is 5.73 Å². The minimum Gasteiger partial charge on any atom is -0.322 e. The Morgan fingerprint density at radius 3 is 2.88 bits per heavy atom. The second-order valence-electron chi connectivity index (χ2n) is 3.93. The van der Waals surface area contributed by atoms with Crippen LogP contribution in [0.5, 0.6) is 0 Å². The van der Waals surface area contributed by atoms with Crippen LogP contribution in [0.3, 0.4) is 0 Å². The van der Waals surface area contributed by atoms with Crippen molar-refractivity contribution >= 4 is 11.3 Å². The third-order valence-electron chi connectivity index (χ3n) is 2.41. The Labute approximate surface area is 99.4 Å². The molecule has 0 aliphatic heterocycles. The molecule has 2 rings (SSSR count). The molecular formula is C12H15N3S. The minimum absolute atomic E-state index is 0.0681. The molecule has 0 spiro atoms. The minimum atomic E-state index is -0.0681. The molecule has 1 atom stereocenters. The number of hydrogen-bond donors (Lipinski definition) is 1. The van der Waals surface area contributed by atoms with E-state index in [-0.39, 0.29) is 6.04 Å². The van der Waals surface area contributed by atoms with E-state index in [4.69, 9.17) is 5.73 Å². The maximum Gasteiger partial charge on any atom is 0.0897 e. The molecule has 0 amide bonds. The van der Waals surface area contributed by atoms with Gasteiger partial charge >= 0.3 is 0 Å². The van der Waals surface area contributed by atoms with Gasteiger partial charge in [-0.2, -0.15) is 0 Å². The molecule has 3 nitrogen and oxygen atoms in total. The lowest BCUT2D eigenvalue weighted by atomic mass is 10.1. The van der Waals surface area contributed by atoms with Crippen LogP contribution in [0.15, 0.2) is 23.7 Å². The van der Waals surface area contributed by atoms with Crippen molar-refractivity contribution in [2.75, 3.05) is 0 Å². The van der Waals surface area contributed by atoms with Crippen LogP contribution >= 0.6 is 11.3 Å². The number of thiazole rings is 1. The highest BCUT2D eigenvalue weighted by Gasteiger charge is 2.10. The van der Waals surface area contributed by atoms with Crippen LogP contribution < -0.4 is 5.73 Å². The van der Waals surface area contributed by atoms with Crippen molar-refractivity contribution in [3.8, 4) is 0 Å². The third-order valence-corrected chi connectivity index (χ3v) is 3.23. The summed E-state index contributed by atoms with van der Waals surface area (Å²) in [6.45, 7) is 4.05. The Hall–Kier alpha value is -1.26. The summed E-state index contributed by atoms with van der Waals surface area (Å²) < 4.78 is 0. The van der Waals surface area contributed by atoms with E-state index >= 15 is 0 Å². The van der Waals surface area contributed by atoms with Gasteiger partial charge in [-0.05, 0) is 31.5 Å². The fourth-order valence-electron chi connectivity index (χ4n) is 1.59. The van der Waals surface area contributed by atoms with Gasteiger partial charge in [0.1, 0.15) is 0 Å². The largest absolute Gasteiger partial charge is 0.322 e.